The van der Waals surface area contributed by atoms with E-state index in [1.165, 1.54) is 0 Å². The SMILES string of the molecule is CC(C)(CCOC(C)(C)CCC(=O)NC(CCCCNC(=O)c1ccc(NCCN(N=O)NO)cc1)C(N)=O)OCCNC(=O)C(CCC(=O)O)NC(=O)CCC(NC(=O)C1CCCCC1)C(=O)O. The highest BCUT2D eigenvalue weighted by atomic mass is 16.5. The van der Waals surface area contributed by atoms with Gasteiger partial charge in [0, 0.05) is 56.1 Å². The number of nitrogens with one attached hydrogen (secondary N) is 7. The summed E-state index contributed by atoms with van der Waals surface area (Å²) in [4.78, 5) is 110. The maximum Gasteiger partial charge on any atom is 0.326 e. The van der Waals surface area contributed by atoms with Crippen LogP contribution in [0.1, 0.15) is 134 Å². The van der Waals surface area contributed by atoms with Crippen molar-refractivity contribution in [3.63, 3.8) is 0 Å². The average Bonchev–Trinajstić information content (AvgIpc) is 3.30. The molecule has 1 aliphatic rings. The van der Waals surface area contributed by atoms with Gasteiger partial charge in [0.15, 0.2) is 0 Å². The van der Waals surface area contributed by atoms with Gasteiger partial charge in [-0.3, -0.25) is 38.8 Å². The summed E-state index contributed by atoms with van der Waals surface area (Å²) in [6.45, 7) is 8.40. The van der Waals surface area contributed by atoms with Crippen molar-refractivity contribution in [1.29, 1.82) is 0 Å². The number of carboxylic acid groups (broad SMARTS) is 2. The van der Waals surface area contributed by atoms with E-state index < -0.39 is 65.4 Å². The first-order valence-corrected chi connectivity index (χ1v) is 23.5. The molecule has 1 aromatic rings. The van der Waals surface area contributed by atoms with Crippen molar-refractivity contribution < 1.29 is 63.3 Å². The first-order chi connectivity index (χ1) is 32.6. The summed E-state index contributed by atoms with van der Waals surface area (Å²) in [5, 5.41) is 47.0. The van der Waals surface area contributed by atoms with Crippen LogP contribution in [-0.2, 0) is 43.0 Å². The largest absolute Gasteiger partial charge is 0.481 e. The number of aliphatic carboxylic acids is 2. The van der Waals surface area contributed by atoms with Crippen molar-refractivity contribution in [2.24, 2.45) is 16.9 Å². The van der Waals surface area contributed by atoms with Crippen LogP contribution in [0.4, 0.5) is 5.69 Å². The Bertz CT molecular complexity index is 1830. The molecular weight excluding hydrogens is 905 g/mol. The van der Waals surface area contributed by atoms with Crippen molar-refractivity contribution in [3.05, 3.63) is 34.7 Å². The molecule has 3 atom stereocenters. The smallest absolute Gasteiger partial charge is 0.326 e. The highest BCUT2D eigenvalue weighted by Crippen LogP contribution is 2.24. The molecule has 2 rings (SSSR count). The van der Waals surface area contributed by atoms with Crippen LogP contribution in [0.3, 0.4) is 0 Å². The number of carbonyl (C=O) groups is 8. The first-order valence-electron chi connectivity index (χ1n) is 23.5. The molecule has 12 N–H and O–H groups in total. The van der Waals surface area contributed by atoms with Gasteiger partial charge in [-0.05, 0) is 110 Å². The molecule has 1 aliphatic carbocycles. The van der Waals surface area contributed by atoms with Gasteiger partial charge in [0.05, 0.1) is 36.2 Å². The normalized spacial score (nSPS) is 14.3. The molecule has 0 radical (unpaired) electrons. The number of ether oxygens (including phenoxy) is 2. The Morgan fingerprint density at radius 1 is 0.739 bits per heavy atom. The summed E-state index contributed by atoms with van der Waals surface area (Å²) in [5.41, 5.74) is 6.89. The Hall–Kier alpha value is -5.98. The zero-order valence-electron chi connectivity index (χ0n) is 40.3. The third kappa shape index (κ3) is 25.3. The minimum Gasteiger partial charge on any atom is -0.481 e. The standard InChI is InChI=1S/C45H74N10O14/c1-44(2,22-21-37(57)50-33(39(46)60)12-8-9-24-48-40(61)31-13-15-32(16-14-31)47-25-27-55(53-66)54-67)68-28-23-45(3,4)69-29-26-49-42(63)34(18-20-38(58)59)51-36(56)19-17-35(43(64)65)52-41(62)30-10-6-5-7-11-30/h13-16,30,33-35,47,53,66H,5-12,17-29H2,1-4H3,(H2,46,60)(H,48,61)(H,49,63)(H,50,57)(H,51,56)(H,52,62)(H,58,59)(H,64,65). The van der Waals surface area contributed by atoms with E-state index in [9.17, 15) is 53.5 Å². The second kappa shape index (κ2) is 31.2. The Morgan fingerprint density at radius 2 is 1.36 bits per heavy atom. The third-order valence-corrected chi connectivity index (χ3v) is 11.5. The molecule has 0 aliphatic heterocycles. The van der Waals surface area contributed by atoms with Gasteiger partial charge in [0.1, 0.15) is 18.1 Å². The Kier molecular flexibility index (Phi) is 26.8. The van der Waals surface area contributed by atoms with E-state index in [1.54, 1.807) is 29.9 Å². The Labute approximate surface area is 402 Å². The minimum absolute atomic E-state index is 0.0333. The zero-order valence-corrected chi connectivity index (χ0v) is 40.3. The average molecular weight is 979 g/mol. The zero-order chi connectivity index (χ0) is 51.4. The molecule has 1 fully saturated rings. The van der Waals surface area contributed by atoms with Crippen LogP contribution >= 0.6 is 0 Å². The number of nitrogens with two attached hydrogens (primary N) is 1. The lowest BCUT2D eigenvalue weighted by Gasteiger charge is -2.30. The monoisotopic (exact) mass is 979 g/mol. The second-order valence-corrected chi connectivity index (χ2v) is 18.2. The van der Waals surface area contributed by atoms with Gasteiger partial charge in [-0.25, -0.2) is 4.79 Å². The number of hydrogen-bond donors (Lipinski definition) is 11. The van der Waals surface area contributed by atoms with Gasteiger partial charge in [-0.1, -0.05) is 24.9 Å². The molecule has 0 bridgehead atoms. The summed E-state index contributed by atoms with van der Waals surface area (Å²) in [7, 11) is 0. The predicted molar refractivity (Wildman–Crippen MR) is 251 cm³/mol. The van der Waals surface area contributed by atoms with E-state index in [1.807, 2.05) is 27.7 Å². The number of nitrogens with zero attached hydrogens (tertiary/aromatic N) is 2. The lowest BCUT2D eigenvalue weighted by Crippen LogP contribution is -2.49. The lowest BCUT2D eigenvalue weighted by molar-refractivity contribution is -0.143. The van der Waals surface area contributed by atoms with Crippen LogP contribution in [0.25, 0.3) is 0 Å². The fourth-order valence-corrected chi connectivity index (χ4v) is 7.23. The van der Waals surface area contributed by atoms with E-state index in [-0.39, 0.29) is 82.0 Å². The van der Waals surface area contributed by atoms with Crippen LogP contribution in [0, 0.1) is 10.8 Å². The number of primary amides is 1. The van der Waals surface area contributed by atoms with Crippen LogP contribution in [-0.4, -0.2) is 137 Å². The number of carboxylic acids is 2. The number of unbranched alkanes of at least 4 members (excludes halogenated alkanes) is 1. The van der Waals surface area contributed by atoms with E-state index >= 15 is 0 Å². The highest BCUT2D eigenvalue weighted by Gasteiger charge is 2.29. The van der Waals surface area contributed by atoms with Crippen molar-refractivity contribution in [2.45, 2.75) is 153 Å². The molecule has 24 heteroatoms. The molecule has 3 unspecified atom stereocenters. The third-order valence-electron chi connectivity index (χ3n) is 11.5. The number of hydrazine groups is 1. The molecule has 6 amide bonds. The molecule has 0 heterocycles. The van der Waals surface area contributed by atoms with Crippen LogP contribution in [0.15, 0.2) is 29.6 Å². The molecule has 69 heavy (non-hydrogen) atoms. The quantitative estimate of drug-likeness (QED) is 0.0260. The Morgan fingerprint density at radius 3 is 1.99 bits per heavy atom. The number of nitroso groups, excluding NO2 is 1. The van der Waals surface area contributed by atoms with Gasteiger partial charge in [-0.2, -0.15) is 5.12 Å². The van der Waals surface area contributed by atoms with Crippen molar-refractivity contribution in [2.75, 3.05) is 44.7 Å². The molecule has 0 saturated heterocycles. The topological polar surface area (TPSA) is 359 Å². The summed E-state index contributed by atoms with van der Waals surface area (Å²) < 4.78 is 12.0. The molecule has 0 spiro atoms. The number of hydrogen-bond acceptors (Lipinski definition) is 15. The molecule has 1 aromatic carbocycles. The maximum atomic E-state index is 13.0. The fourth-order valence-electron chi connectivity index (χ4n) is 7.23. The molecule has 24 nitrogen and oxygen atoms in total. The number of carbonyl (C=O) groups excluding carboxylic acids is 6. The number of benzene rings is 1. The summed E-state index contributed by atoms with van der Waals surface area (Å²) in [6, 6.07) is 3.23. The molecule has 0 aromatic heterocycles. The first kappa shape index (κ1) is 59.1. The van der Waals surface area contributed by atoms with Gasteiger partial charge in [0.25, 0.3) is 5.91 Å². The number of amides is 6. The van der Waals surface area contributed by atoms with Gasteiger partial charge < -0.3 is 57.3 Å². The van der Waals surface area contributed by atoms with E-state index in [0.29, 0.717) is 68.0 Å². The number of anilines is 1. The van der Waals surface area contributed by atoms with Gasteiger partial charge >= 0.3 is 11.9 Å². The Balaban J connectivity index is 1.69. The molecule has 388 valence electrons. The van der Waals surface area contributed by atoms with Crippen LogP contribution in [0.5, 0.6) is 0 Å². The van der Waals surface area contributed by atoms with Crippen molar-refractivity contribution in [3.8, 4) is 0 Å². The molecule has 1 saturated carbocycles. The maximum absolute atomic E-state index is 13.0. The van der Waals surface area contributed by atoms with Gasteiger partial charge in [-0.15, -0.1) is 4.91 Å². The van der Waals surface area contributed by atoms with Crippen molar-refractivity contribution >= 4 is 53.1 Å². The van der Waals surface area contributed by atoms with Crippen LogP contribution in [0.2, 0.25) is 0 Å². The second-order valence-electron chi connectivity index (χ2n) is 18.2. The summed E-state index contributed by atoms with van der Waals surface area (Å²) >= 11 is 0. The predicted octanol–water partition coefficient (Wildman–Crippen LogP) is 2.00. The minimum atomic E-state index is -1.29. The van der Waals surface area contributed by atoms with Crippen molar-refractivity contribution in [1.82, 2.24) is 37.3 Å². The highest BCUT2D eigenvalue weighted by molar-refractivity contribution is 5.94. The fraction of sp³-hybridized carbons (Fsp3) is 0.689. The van der Waals surface area contributed by atoms with E-state index in [4.69, 9.17) is 20.4 Å². The summed E-state index contributed by atoms with van der Waals surface area (Å²) in [6.07, 6.45) is 5.13. The lowest BCUT2D eigenvalue weighted by atomic mass is 9.88. The van der Waals surface area contributed by atoms with Gasteiger partial charge in [0.2, 0.25) is 29.5 Å². The van der Waals surface area contributed by atoms with E-state index in [0.717, 1.165) is 19.3 Å². The number of rotatable bonds is 36. The van der Waals surface area contributed by atoms with Crippen LogP contribution < -0.4 is 43.2 Å². The molecular formula is C45H74N10O14. The van der Waals surface area contributed by atoms with E-state index in [2.05, 4.69) is 37.2 Å². The summed E-state index contributed by atoms with van der Waals surface area (Å²) in [5.74, 6) is -5.74.